The first-order chi connectivity index (χ1) is 16.1. The summed E-state index contributed by atoms with van der Waals surface area (Å²) in [7, 11) is 0. The molecular weight excluding hydrogens is 434 g/mol. The van der Waals surface area contributed by atoms with Gasteiger partial charge in [0.1, 0.15) is 5.54 Å². The lowest BCUT2D eigenvalue weighted by molar-refractivity contribution is -0.123. The van der Waals surface area contributed by atoms with Gasteiger partial charge in [0.15, 0.2) is 5.82 Å². The number of aromatic nitrogens is 2. The minimum absolute atomic E-state index is 0.103. The Labute approximate surface area is 200 Å². The Morgan fingerprint density at radius 2 is 1.68 bits per heavy atom. The van der Waals surface area contributed by atoms with Gasteiger partial charge < -0.3 is 20.5 Å². The zero-order valence-electron chi connectivity index (χ0n) is 20.5. The number of benzene rings is 1. The van der Waals surface area contributed by atoms with Gasteiger partial charge in [-0.1, -0.05) is 57.7 Å². The molecule has 3 rings (SSSR count). The van der Waals surface area contributed by atoms with E-state index in [4.69, 9.17) is 4.52 Å². The standard InChI is InChI=1S/C25H35N5O4/c1-17(31)29-25(14-7-5-6-8-15-25)22-28-21(34-30-22)13-12-20(32)26-18-10-9-11-19(16-18)27-23(33)24(2,3)4/h9-11,16H,5-8,12-15H2,1-4H3,(H,26,32)(H,27,33)(H,29,31). The molecule has 1 aromatic carbocycles. The molecule has 0 unspecified atom stereocenters. The van der Waals surface area contributed by atoms with Crippen LogP contribution < -0.4 is 16.0 Å². The third-order valence-corrected chi connectivity index (χ3v) is 5.92. The summed E-state index contributed by atoms with van der Waals surface area (Å²) in [6.07, 6.45) is 6.20. The minimum atomic E-state index is -0.607. The Balaban J connectivity index is 1.59. The van der Waals surface area contributed by atoms with Crippen LogP contribution in [0.5, 0.6) is 0 Å². The molecule has 1 heterocycles. The predicted molar refractivity (Wildman–Crippen MR) is 129 cm³/mol. The number of carbonyl (C=O) groups is 3. The second-order valence-corrected chi connectivity index (χ2v) is 10.0. The lowest BCUT2D eigenvalue weighted by atomic mass is 9.89. The molecule has 34 heavy (non-hydrogen) atoms. The Hall–Kier alpha value is -3.23. The molecule has 184 valence electrons. The average molecular weight is 470 g/mol. The van der Waals surface area contributed by atoms with Crippen molar-refractivity contribution in [3.63, 3.8) is 0 Å². The van der Waals surface area contributed by atoms with Crippen LogP contribution in [0.1, 0.15) is 84.4 Å². The lowest BCUT2D eigenvalue weighted by Crippen LogP contribution is -2.45. The van der Waals surface area contributed by atoms with E-state index in [9.17, 15) is 14.4 Å². The van der Waals surface area contributed by atoms with Crippen LogP contribution in [0.2, 0.25) is 0 Å². The Kier molecular flexibility index (Phi) is 8.06. The highest BCUT2D eigenvalue weighted by atomic mass is 16.5. The fourth-order valence-electron chi connectivity index (χ4n) is 4.06. The fraction of sp³-hybridized carbons (Fsp3) is 0.560. The quantitative estimate of drug-likeness (QED) is 0.519. The van der Waals surface area contributed by atoms with Crippen molar-refractivity contribution in [2.24, 2.45) is 5.41 Å². The normalized spacial score (nSPS) is 15.8. The maximum atomic E-state index is 12.5. The first kappa shape index (κ1) is 25.4. The van der Waals surface area contributed by atoms with Gasteiger partial charge in [-0.15, -0.1) is 0 Å². The number of anilines is 2. The van der Waals surface area contributed by atoms with Gasteiger partial charge in [-0.3, -0.25) is 14.4 Å². The molecular formula is C25H35N5O4. The van der Waals surface area contributed by atoms with Crippen molar-refractivity contribution < 1.29 is 18.9 Å². The second-order valence-electron chi connectivity index (χ2n) is 10.0. The van der Waals surface area contributed by atoms with Crippen molar-refractivity contribution in [3.8, 4) is 0 Å². The van der Waals surface area contributed by atoms with E-state index in [1.165, 1.54) is 6.92 Å². The molecule has 0 spiro atoms. The van der Waals surface area contributed by atoms with Crippen molar-refractivity contribution in [1.29, 1.82) is 0 Å². The number of hydrogen-bond acceptors (Lipinski definition) is 6. The van der Waals surface area contributed by atoms with Crippen LogP contribution in [0.4, 0.5) is 11.4 Å². The van der Waals surface area contributed by atoms with E-state index >= 15 is 0 Å². The zero-order valence-corrected chi connectivity index (χ0v) is 20.5. The topological polar surface area (TPSA) is 126 Å². The SMILES string of the molecule is CC(=O)NC1(c2noc(CCC(=O)Nc3cccc(NC(=O)C(C)(C)C)c3)n2)CCCCCC1. The molecule has 0 atom stereocenters. The highest BCUT2D eigenvalue weighted by molar-refractivity contribution is 5.96. The van der Waals surface area contributed by atoms with E-state index in [-0.39, 0.29) is 30.6 Å². The number of carbonyl (C=O) groups excluding carboxylic acids is 3. The molecule has 2 aromatic rings. The molecule has 0 bridgehead atoms. The molecule has 1 fully saturated rings. The van der Waals surface area contributed by atoms with Gasteiger partial charge >= 0.3 is 0 Å². The summed E-state index contributed by atoms with van der Waals surface area (Å²) in [6, 6.07) is 7.03. The molecule has 1 aliphatic rings. The summed E-state index contributed by atoms with van der Waals surface area (Å²) in [6.45, 7) is 7.02. The average Bonchev–Trinajstić information content (AvgIpc) is 3.12. The molecule has 9 nitrogen and oxygen atoms in total. The molecule has 0 radical (unpaired) electrons. The van der Waals surface area contributed by atoms with Crippen LogP contribution in [-0.2, 0) is 26.3 Å². The van der Waals surface area contributed by atoms with Crippen molar-refractivity contribution in [2.75, 3.05) is 10.6 Å². The summed E-state index contributed by atoms with van der Waals surface area (Å²) >= 11 is 0. The largest absolute Gasteiger partial charge is 0.343 e. The van der Waals surface area contributed by atoms with Gasteiger partial charge in [-0.05, 0) is 31.0 Å². The first-order valence-electron chi connectivity index (χ1n) is 11.9. The highest BCUT2D eigenvalue weighted by Crippen LogP contribution is 2.34. The van der Waals surface area contributed by atoms with Crippen LogP contribution in [-0.4, -0.2) is 27.9 Å². The van der Waals surface area contributed by atoms with E-state index in [2.05, 4.69) is 26.1 Å². The summed E-state index contributed by atoms with van der Waals surface area (Å²) < 4.78 is 5.42. The summed E-state index contributed by atoms with van der Waals surface area (Å²) in [4.78, 5) is 41.1. The van der Waals surface area contributed by atoms with Crippen LogP contribution >= 0.6 is 0 Å². The Morgan fingerprint density at radius 1 is 1.03 bits per heavy atom. The smallest absolute Gasteiger partial charge is 0.229 e. The number of rotatable bonds is 7. The lowest BCUT2D eigenvalue weighted by Gasteiger charge is -2.30. The van der Waals surface area contributed by atoms with Crippen molar-refractivity contribution in [3.05, 3.63) is 36.0 Å². The monoisotopic (exact) mass is 469 g/mol. The first-order valence-corrected chi connectivity index (χ1v) is 11.9. The molecule has 1 aliphatic carbocycles. The van der Waals surface area contributed by atoms with Crippen LogP contribution in [0, 0.1) is 5.41 Å². The van der Waals surface area contributed by atoms with Crippen LogP contribution in [0.15, 0.2) is 28.8 Å². The van der Waals surface area contributed by atoms with E-state index in [1.807, 2.05) is 20.8 Å². The number of amides is 3. The van der Waals surface area contributed by atoms with E-state index in [0.29, 0.717) is 23.1 Å². The minimum Gasteiger partial charge on any atom is -0.343 e. The molecule has 3 N–H and O–H groups in total. The predicted octanol–water partition coefficient (Wildman–Crippen LogP) is 4.31. The van der Waals surface area contributed by atoms with Crippen molar-refractivity contribution in [2.45, 2.75) is 84.6 Å². The molecule has 0 aliphatic heterocycles. The molecule has 9 heteroatoms. The van der Waals surface area contributed by atoms with E-state index in [1.54, 1.807) is 24.3 Å². The third kappa shape index (κ3) is 6.88. The second kappa shape index (κ2) is 10.8. The van der Waals surface area contributed by atoms with Crippen molar-refractivity contribution >= 4 is 29.1 Å². The van der Waals surface area contributed by atoms with E-state index < -0.39 is 11.0 Å². The summed E-state index contributed by atoms with van der Waals surface area (Å²) in [5, 5.41) is 12.9. The summed E-state index contributed by atoms with van der Waals surface area (Å²) in [5.41, 5.74) is 0.0822. The highest BCUT2D eigenvalue weighted by Gasteiger charge is 2.38. The van der Waals surface area contributed by atoms with Crippen LogP contribution in [0.3, 0.4) is 0 Å². The molecule has 0 saturated heterocycles. The van der Waals surface area contributed by atoms with Crippen molar-refractivity contribution in [1.82, 2.24) is 15.5 Å². The van der Waals surface area contributed by atoms with E-state index in [0.717, 1.165) is 38.5 Å². The maximum absolute atomic E-state index is 12.5. The fourth-order valence-corrected chi connectivity index (χ4v) is 4.06. The number of nitrogens with one attached hydrogen (secondary N) is 3. The zero-order chi connectivity index (χ0) is 24.8. The third-order valence-electron chi connectivity index (χ3n) is 5.92. The maximum Gasteiger partial charge on any atom is 0.229 e. The van der Waals surface area contributed by atoms with Gasteiger partial charge in [0.2, 0.25) is 23.6 Å². The summed E-state index contributed by atoms with van der Waals surface area (Å²) in [5.74, 6) is 0.431. The number of aryl methyl sites for hydroxylation is 1. The molecule has 3 amide bonds. The van der Waals surface area contributed by atoms with Gasteiger partial charge in [-0.25, -0.2) is 0 Å². The van der Waals surface area contributed by atoms with Gasteiger partial charge in [0.25, 0.3) is 0 Å². The van der Waals surface area contributed by atoms with Crippen LogP contribution in [0.25, 0.3) is 0 Å². The Bertz CT molecular complexity index is 1020. The Morgan fingerprint density at radius 3 is 2.29 bits per heavy atom. The van der Waals surface area contributed by atoms with Gasteiger partial charge in [-0.2, -0.15) is 4.98 Å². The molecule has 1 aromatic heterocycles. The van der Waals surface area contributed by atoms with Gasteiger partial charge in [0, 0.05) is 36.6 Å². The molecule has 1 saturated carbocycles. The number of nitrogens with zero attached hydrogens (tertiary/aromatic N) is 2. The van der Waals surface area contributed by atoms with Gasteiger partial charge in [0.05, 0.1) is 0 Å². The number of hydrogen-bond donors (Lipinski definition) is 3.